The Morgan fingerprint density at radius 1 is 1.04 bits per heavy atom. The number of carbonyl (C=O) groups excluding carboxylic acids is 1. The molecule has 0 aromatic heterocycles. The van der Waals surface area contributed by atoms with Crippen LogP contribution in [0.5, 0.6) is 17.2 Å². The molecule has 6 nitrogen and oxygen atoms in total. The average Bonchev–Trinajstić information content (AvgIpc) is 2.58. The first-order valence-electron chi connectivity index (χ1n) is 7.02. The summed E-state index contributed by atoms with van der Waals surface area (Å²) >= 11 is 0. The first kappa shape index (κ1) is 16.5. The number of amides is 1. The van der Waals surface area contributed by atoms with Crippen LogP contribution in [0.25, 0.3) is 0 Å². The summed E-state index contributed by atoms with van der Waals surface area (Å²) < 4.78 is 15.9. The zero-order chi connectivity index (χ0) is 16.8. The van der Waals surface area contributed by atoms with Gasteiger partial charge in [-0.25, -0.2) is 0 Å². The van der Waals surface area contributed by atoms with Gasteiger partial charge in [-0.3, -0.25) is 4.79 Å². The minimum absolute atomic E-state index is 0.442. The molecule has 0 radical (unpaired) electrons. The molecule has 0 saturated heterocycles. The van der Waals surface area contributed by atoms with Crippen molar-refractivity contribution in [3.05, 3.63) is 47.5 Å². The monoisotopic (exact) mass is 316 g/mol. The molecule has 0 heterocycles. The van der Waals surface area contributed by atoms with Gasteiger partial charge in [0.25, 0.3) is 0 Å². The van der Waals surface area contributed by atoms with Crippen LogP contribution in [0, 0.1) is 0 Å². The molecule has 0 aliphatic rings. The first-order valence-corrected chi connectivity index (χ1v) is 7.02. The van der Waals surface area contributed by atoms with Gasteiger partial charge in [-0.15, -0.1) is 0 Å². The maximum absolute atomic E-state index is 11.5. The highest BCUT2D eigenvalue weighted by Gasteiger charge is 2.13. The van der Waals surface area contributed by atoms with Gasteiger partial charge in [-0.1, -0.05) is 18.2 Å². The third-order valence-corrected chi connectivity index (χ3v) is 3.43. The zero-order valence-corrected chi connectivity index (χ0v) is 13.4. The van der Waals surface area contributed by atoms with E-state index in [0.717, 1.165) is 11.3 Å². The number of carbonyl (C=O) groups is 1. The van der Waals surface area contributed by atoms with Gasteiger partial charge in [-0.05, 0) is 11.6 Å². The molecule has 0 saturated carbocycles. The van der Waals surface area contributed by atoms with E-state index in [1.807, 2.05) is 12.1 Å². The van der Waals surface area contributed by atoms with Gasteiger partial charge in [-0.2, -0.15) is 0 Å². The third kappa shape index (κ3) is 3.66. The van der Waals surface area contributed by atoms with Crippen molar-refractivity contribution in [1.29, 1.82) is 0 Å². The van der Waals surface area contributed by atoms with E-state index in [-0.39, 0.29) is 0 Å². The Hall–Kier alpha value is -2.89. The molecule has 6 heteroatoms. The van der Waals surface area contributed by atoms with Crippen LogP contribution >= 0.6 is 0 Å². The second-order valence-electron chi connectivity index (χ2n) is 4.79. The summed E-state index contributed by atoms with van der Waals surface area (Å²) in [5, 5.41) is 3.23. The van der Waals surface area contributed by atoms with Gasteiger partial charge in [0.05, 0.1) is 21.3 Å². The number of nitrogens with one attached hydrogen (secondary N) is 1. The topological polar surface area (TPSA) is 82.8 Å². The summed E-state index contributed by atoms with van der Waals surface area (Å²) in [5.41, 5.74) is 7.47. The molecule has 23 heavy (non-hydrogen) atoms. The lowest BCUT2D eigenvalue weighted by Gasteiger charge is -2.15. The number of ether oxygens (including phenoxy) is 3. The minimum atomic E-state index is -0.452. The molecule has 3 N–H and O–H groups in total. The third-order valence-electron chi connectivity index (χ3n) is 3.43. The van der Waals surface area contributed by atoms with Gasteiger partial charge in [0.15, 0.2) is 11.5 Å². The lowest BCUT2D eigenvalue weighted by molar-refractivity contribution is 0.0999. The Bertz CT molecular complexity index is 676. The summed E-state index contributed by atoms with van der Waals surface area (Å²) in [6.07, 6.45) is 0. The van der Waals surface area contributed by atoms with Crippen LogP contribution in [0.3, 0.4) is 0 Å². The van der Waals surface area contributed by atoms with Crippen molar-refractivity contribution < 1.29 is 19.0 Å². The van der Waals surface area contributed by atoms with Crippen LogP contribution in [0.4, 0.5) is 5.69 Å². The molecule has 122 valence electrons. The average molecular weight is 316 g/mol. The van der Waals surface area contributed by atoms with Crippen LogP contribution in [-0.2, 0) is 6.54 Å². The van der Waals surface area contributed by atoms with Crippen molar-refractivity contribution in [3.63, 3.8) is 0 Å². The summed E-state index contributed by atoms with van der Waals surface area (Å²) in [6.45, 7) is 0.442. The smallest absolute Gasteiger partial charge is 0.249 e. The summed E-state index contributed by atoms with van der Waals surface area (Å²) in [5.74, 6) is 1.18. The number of anilines is 1. The number of rotatable bonds is 7. The fourth-order valence-corrected chi connectivity index (χ4v) is 2.30. The Labute approximate surface area is 135 Å². The number of benzene rings is 2. The zero-order valence-electron chi connectivity index (χ0n) is 13.4. The predicted octanol–water partition coefficient (Wildman–Crippen LogP) is 2.42. The fourth-order valence-electron chi connectivity index (χ4n) is 2.30. The van der Waals surface area contributed by atoms with Gasteiger partial charge in [0, 0.05) is 29.9 Å². The van der Waals surface area contributed by atoms with E-state index in [1.54, 1.807) is 45.6 Å². The Morgan fingerprint density at radius 3 is 2.17 bits per heavy atom. The highest BCUT2D eigenvalue weighted by Crippen LogP contribution is 2.40. The molecule has 2 aromatic carbocycles. The largest absolute Gasteiger partial charge is 0.493 e. The van der Waals surface area contributed by atoms with Gasteiger partial charge in [0.2, 0.25) is 11.7 Å². The van der Waals surface area contributed by atoms with Crippen LogP contribution < -0.4 is 25.3 Å². The number of primary amides is 1. The van der Waals surface area contributed by atoms with E-state index in [2.05, 4.69) is 5.32 Å². The van der Waals surface area contributed by atoms with Gasteiger partial charge >= 0.3 is 0 Å². The van der Waals surface area contributed by atoms with Gasteiger partial charge < -0.3 is 25.3 Å². The van der Waals surface area contributed by atoms with Crippen LogP contribution in [0.1, 0.15) is 15.9 Å². The molecule has 0 aliphatic heterocycles. The lowest BCUT2D eigenvalue weighted by Crippen LogP contribution is -2.15. The molecule has 0 aliphatic carbocycles. The Morgan fingerprint density at radius 2 is 1.65 bits per heavy atom. The maximum Gasteiger partial charge on any atom is 0.249 e. The van der Waals surface area contributed by atoms with E-state index in [0.29, 0.717) is 29.4 Å². The maximum atomic E-state index is 11.5. The predicted molar refractivity (Wildman–Crippen MR) is 88.4 cm³/mol. The van der Waals surface area contributed by atoms with E-state index in [1.165, 1.54) is 0 Å². The van der Waals surface area contributed by atoms with Crippen LogP contribution in [-0.4, -0.2) is 27.2 Å². The minimum Gasteiger partial charge on any atom is -0.493 e. The molecule has 2 aromatic rings. The van der Waals surface area contributed by atoms with Crippen LogP contribution in [0.2, 0.25) is 0 Å². The summed E-state index contributed by atoms with van der Waals surface area (Å²) in [6, 6.07) is 10.8. The molecule has 0 bridgehead atoms. The summed E-state index contributed by atoms with van der Waals surface area (Å²) in [7, 11) is 4.67. The van der Waals surface area contributed by atoms with Gasteiger partial charge in [0.1, 0.15) is 0 Å². The first-order chi connectivity index (χ1) is 11.1. The molecule has 0 spiro atoms. The summed E-state index contributed by atoms with van der Waals surface area (Å²) in [4.78, 5) is 11.5. The van der Waals surface area contributed by atoms with Crippen molar-refractivity contribution in [2.75, 3.05) is 26.6 Å². The van der Waals surface area contributed by atoms with Crippen molar-refractivity contribution in [2.24, 2.45) is 5.73 Å². The number of methoxy groups -OCH3 is 3. The molecular formula is C17H20N2O4. The highest BCUT2D eigenvalue weighted by molar-refractivity contribution is 5.94. The van der Waals surface area contributed by atoms with Crippen molar-refractivity contribution >= 4 is 11.6 Å². The van der Waals surface area contributed by atoms with Crippen molar-refractivity contribution in [3.8, 4) is 17.2 Å². The molecule has 2 rings (SSSR count). The normalized spacial score (nSPS) is 10.0. The van der Waals surface area contributed by atoms with E-state index < -0.39 is 5.91 Å². The molecule has 0 atom stereocenters. The van der Waals surface area contributed by atoms with E-state index >= 15 is 0 Å². The highest BCUT2D eigenvalue weighted by atomic mass is 16.5. The number of nitrogens with two attached hydrogens (primary N) is 1. The number of hydrogen-bond acceptors (Lipinski definition) is 5. The van der Waals surface area contributed by atoms with E-state index in [4.69, 9.17) is 19.9 Å². The fraction of sp³-hybridized carbons (Fsp3) is 0.235. The molecule has 1 amide bonds. The molecule has 0 fully saturated rings. The number of hydrogen-bond donors (Lipinski definition) is 2. The SMILES string of the molecule is COc1cc(NCc2ccccc2C(N)=O)cc(OC)c1OC. The molecule has 0 unspecified atom stereocenters. The quantitative estimate of drug-likeness (QED) is 0.819. The standard InChI is InChI=1S/C17H20N2O4/c1-21-14-8-12(9-15(22-2)16(14)23-3)19-10-11-6-4-5-7-13(11)17(18)20/h4-9,19H,10H2,1-3H3,(H2,18,20). The molecular weight excluding hydrogens is 296 g/mol. The second-order valence-corrected chi connectivity index (χ2v) is 4.79. The van der Waals surface area contributed by atoms with Crippen molar-refractivity contribution in [1.82, 2.24) is 0 Å². The van der Waals surface area contributed by atoms with Crippen molar-refractivity contribution in [2.45, 2.75) is 6.54 Å². The Kier molecular flexibility index (Phi) is 5.30. The van der Waals surface area contributed by atoms with E-state index in [9.17, 15) is 4.79 Å². The second kappa shape index (κ2) is 7.40. The lowest BCUT2D eigenvalue weighted by atomic mass is 10.1. The Balaban J connectivity index is 2.26. The van der Waals surface area contributed by atoms with Crippen LogP contribution in [0.15, 0.2) is 36.4 Å².